The highest BCUT2D eigenvalue weighted by atomic mass is 79.9. The molecule has 320 valence electrons. The number of aliphatic hydroxyl groups excluding tert-OH is 1. The monoisotopic (exact) mass is 966 g/mol. The van der Waals surface area contributed by atoms with Crippen LogP contribution in [0.1, 0.15) is 17.8 Å². The molecule has 19 heteroatoms. The van der Waals surface area contributed by atoms with Crippen LogP contribution in [0.3, 0.4) is 0 Å². The number of aliphatic hydroxyl groups is 1. The number of fused-ring (bicyclic) bond motifs is 4. The number of carbonyl (C=O) groups excluding carboxylic acids is 2. The van der Waals surface area contributed by atoms with Crippen LogP contribution in [-0.4, -0.2) is 128 Å². The SMILES string of the molecule is Cc1nc(N2CCN(CCO)CC2)nc2ccc(NC(=O)C(Oc3ccc(Br)cc3)C(Oc3ccc(Br)cc3)C(=O)Nc3ccc4nc(N5CC6CC5CN6)nc(C)c4n3)nc12. The maximum absolute atomic E-state index is 14.5. The number of halogens is 2. The summed E-state index contributed by atoms with van der Waals surface area (Å²) in [6.07, 6.45) is -2.01. The number of amides is 2. The Morgan fingerprint density at radius 1 is 0.726 bits per heavy atom. The molecule has 2 bridgehead atoms. The second-order valence-electron chi connectivity index (χ2n) is 15.5. The molecule has 4 unspecified atom stereocenters. The maximum atomic E-state index is 14.5. The molecular formula is C43H44Br2N12O5. The summed E-state index contributed by atoms with van der Waals surface area (Å²) in [4.78, 5) is 64.3. The van der Waals surface area contributed by atoms with E-state index in [1.807, 2.05) is 13.8 Å². The van der Waals surface area contributed by atoms with Gasteiger partial charge in [0.05, 0.1) is 29.0 Å². The number of ether oxygens (including phenoxy) is 2. The number of piperazine rings is 2. The first-order chi connectivity index (χ1) is 30.1. The van der Waals surface area contributed by atoms with E-state index in [2.05, 4.69) is 62.5 Å². The zero-order chi connectivity index (χ0) is 42.9. The number of aromatic nitrogens is 6. The molecule has 4 aromatic heterocycles. The van der Waals surface area contributed by atoms with Crippen molar-refractivity contribution in [2.45, 2.75) is 44.6 Å². The van der Waals surface area contributed by atoms with Crippen LogP contribution in [0.5, 0.6) is 11.5 Å². The summed E-state index contributed by atoms with van der Waals surface area (Å²) in [5, 5.41) is 18.6. The zero-order valence-electron chi connectivity index (χ0n) is 34.0. The number of anilines is 4. The smallest absolute Gasteiger partial charge is 0.271 e. The van der Waals surface area contributed by atoms with E-state index in [1.165, 1.54) is 0 Å². The standard InChI is InChI=1S/C43H44Br2N12O5/c1-24-36-32(49-42(47-24)56-17-15-55(16-18-56)19-20-58)11-13-34(51-36)53-40(59)38(61-30-7-3-26(44)4-8-30)39(62-31-9-5-27(45)6-10-31)41(60)54-35-14-12-33-37(52-35)25(2)48-43(50-33)57-23-28-21-29(57)22-46-28/h3-14,28-29,38-39,46,58H,15-23H2,1-2H3,(H,51,53,59)(H,52,54,60). The lowest BCUT2D eigenvalue weighted by molar-refractivity contribution is -0.136. The third-order valence-corrected chi connectivity index (χ3v) is 12.3. The molecule has 0 radical (unpaired) electrons. The van der Waals surface area contributed by atoms with Crippen LogP contribution >= 0.6 is 31.9 Å². The summed E-state index contributed by atoms with van der Waals surface area (Å²) in [6.45, 7) is 9.29. The number of aryl methyl sites for hydroxylation is 2. The van der Waals surface area contributed by atoms with Crippen molar-refractivity contribution in [3.8, 4) is 11.5 Å². The van der Waals surface area contributed by atoms with E-state index in [0.717, 1.165) is 54.6 Å². The Hall–Kier alpha value is -5.60. The molecule has 3 aliphatic heterocycles. The second-order valence-corrected chi connectivity index (χ2v) is 17.3. The fourth-order valence-corrected chi connectivity index (χ4v) is 8.56. The summed E-state index contributed by atoms with van der Waals surface area (Å²) >= 11 is 6.91. The molecule has 6 aromatic rings. The second kappa shape index (κ2) is 18.0. The van der Waals surface area contributed by atoms with Crippen LogP contribution < -0.4 is 35.2 Å². The van der Waals surface area contributed by atoms with Gasteiger partial charge in [0.2, 0.25) is 24.1 Å². The summed E-state index contributed by atoms with van der Waals surface area (Å²) in [5.41, 5.74) is 3.62. The largest absolute Gasteiger partial charge is 0.476 e. The summed E-state index contributed by atoms with van der Waals surface area (Å²) in [6, 6.07) is 21.5. The maximum Gasteiger partial charge on any atom is 0.271 e. The molecule has 62 heavy (non-hydrogen) atoms. The van der Waals surface area contributed by atoms with Crippen molar-refractivity contribution in [1.29, 1.82) is 0 Å². The fourth-order valence-electron chi connectivity index (χ4n) is 8.04. The minimum absolute atomic E-state index is 0.122. The normalized spacial score (nSPS) is 18.5. The number of benzene rings is 2. The topological polar surface area (TPSA) is 196 Å². The third kappa shape index (κ3) is 9.12. The Labute approximate surface area is 373 Å². The van der Waals surface area contributed by atoms with Crippen LogP contribution in [0.2, 0.25) is 0 Å². The molecular weight excluding hydrogens is 924 g/mol. The lowest BCUT2D eigenvalue weighted by Gasteiger charge is -2.34. The van der Waals surface area contributed by atoms with Crippen molar-refractivity contribution in [3.05, 3.63) is 93.1 Å². The number of pyridine rings is 2. The van der Waals surface area contributed by atoms with Crippen LogP contribution in [0.15, 0.2) is 81.7 Å². The van der Waals surface area contributed by atoms with Gasteiger partial charge in [-0.05, 0) is 93.1 Å². The van der Waals surface area contributed by atoms with Gasteiger partial charge in [-0.15, -0.1) is 0 Å². The highest BCUT2D eigenvalue weighted by Gasteiger charge is 2.40. The summed E-state index contributed by atoms with van der Waals surface area (Å²) in [7, 11) is 0. The van der Waals surface area contributed by atoms with Gasteiger partial charge in [0.1, 0.15) is 34.2 Å². The van der Waals surface area contributed by atoms with Gasteiger partial charge in [0.25, 0.3) is 11.8 Å². The molecule has 4 atom stereocenters. The average molecular weight is 969 g/mol. The first kappa shape index (κ1) is 41.7. The number of rotatable bonds is 13. The summed E-state index contributed by atoms with van der Waals surface area (Å²) in [5.74, 6) is 0.950. The predicted molar refractivity (Wildman–Crippen MR) is 242 cm³/mol. The highest BCUT2D eigenvalue weighted by molar-refractivity contribution is 9.10. The van der Waals surface area contributed by atoms with Crippen LogP contribution in [0.4, 0.5) is 23.5 Å². The van der Waals surface area contributed by atoms with E-state index in [4.69, 9.17) is 39.4 Å². The Morgan fingerprint density at radius 2 is 1.24 bits per heavy atom. The highest BCUT2D eigenvalue weighted by Crippen LogP contribution is 2.30. The molecule has 3 saturated heterocycles. The fraction of sp³-hybridized carbons (Fsp3) is 0.349. The Bertz CT molecular complexity index is 2620. The van der Waals surface area contributed by atoms with Gasteiger partial charge in [0.15, 0.2) is 0 Å². The van der Waals surface area contributed by atoms with Crippen molar-refractivity contribution in [2.75, 3.05) is 72.9 Å². The Balaban J connectivity index is 1.000. The van der Waals surface area contributed by atoms with Crippen LogP contribution in [-0.2, 0) is 9.59 Å². The van der Waals surface area contributed by atoms with Gasteiger partial charge in [-0.2, -0.15) is 0 Å². The minimum Gasteiger partial charge on any atom is -0.476 e. The molecule has 3 aliphatic rings. The van der Waals surface area contributed by atoms with E-state index in [-0.39, 0.29) is 18.2 Å². The minimum atomic E-state index is -1.54. The number of β-amino-alcohol motifs (C(OH)–C–C–N with tert-alkyl or cyclic N) is 1. The van der Waals surface area contributed by atoms with Gasteiger partial charge in [0, 0.05) is 66.8 Å². The Morgan fingerprint density at radius 3 is 1.73 bits per heavy atom. The van der Waals surface area contributed by atoms with E-state index in [1.54, 1.807) is 72.8 Å². The van der Waals surface area contributed by atoms with Gasteiger partial charge in [-0.25, -0.2) is 29.9 Å². The number of nitrogens with zero attached hydrogens (tertiary/aromatic N) is 9. The van der Waals surface area contributed by atoms with Crippen molar-refractivity contribution < 1.29 is 24.2 Å². The first-order valence-corrected chi connectivity index (χ1v) is 22.0. The van der Waals surface area contributed by atoms with Crippen molar-refractivity contribution in [1.82, 2.24) is 40.1 Å². The quantitative estimate of drug-likeness (QED) is 0.125. The summed E-state index contributed by atoms with van der Waals surface area (Å²) < 4.78 is 14.3. The number of hydrogen-bond acceptors (Lipinski definition) is 15. The molecule has 2 aromatic carbocycles. The van der Waals surface area contributed by atoms with Gasteiger partial charge >= 0.3 is 0 Å². The average Bonchev–Trinajstić information content (AvgIpc) is 3.92. The van der Waals surface area contributed by atoms with Crippen LogP contribution in [0.25, 0.3) is 22.1 Å². The van der Waals surface area contributed by atoms with Gasteiger partial charge in [-0.1, -0.05) is 31.9 Å². The van der Waals surface area contributed by atoms with Crippen molar-refractivity contribution in [3.63, 3.8) is 0 Å². The molecule has 7 heterocycles. The molecule has 0 spiro atoms. The lowest BCUT2D eigenvalue weighted by Crippen LogP contribution is -2.51. The van der Waals surface area contributed by atoms with Gasteiger partial charge in [-0.3, -0.25) is 14.5 Å². The van der Waals surface area contributed by atoms with Crippen molar-refractivity contribution >= 4 is 89.3 Å². The van der Waals surface area contributed by atoms with E-state index >= 15 is 0 Å². The first-order valence-electron chi connectivity index (χ1n) is 20.4. The van der Waals surface area contributed by atoms with E-state index < -0.39 is 24.0 Å². The number of hydrogen-bond donors (Lipinski definition) is 4. The van der Waals surface area contributed by atoms with Crippen LogP contribution in [0, 0.1) is 13.8 Å². The number of carbonyl (C=O) groups is 2. The molecule has 0 aliphatic carbocycles. The molecule has 0 saturated carbocycles. The number of nitrogens with one attached hydrogen (secondary N) is 3. The molecule has 3 fully saturated rings. The molecule has 17 nitrogen and oxygen atoms in total. The molecule has 2 amide bonds. The lowest BCUT2D eigenvalue weighted by atomic mass is 10.1. The Kier molecular flexibility index (Phi) is 12.1. The zero-order valence-corrected chi connectivity index (χ0v) is 37.1. The predicted octanol–water partition coefficient (Wildman–Crippen LogP) is 4.64. The van der Waals surface area contributed by atoms with Gasteiger partial charge < -0.3 is 40.3 Å². The molecule has 9 rings (SSSR count). The van der Waals surface area contributed by atoms with Crippen molar-refractivity contribution in [2.24, 2.45) is 0 Å². The third-order valence-electron chi connectivity index (χ3n) is 11.2. The van der Waals surface area contributed by atoms with E-state index in [0.29, 0.717) is 75.5 Å². The molecule has 4 N–H and O–H groups in total. The van der Waals surface area contributed by atoms with E-state index in [9.17, 15) is 14.7 Å².